The first kappa shape index (κ1) is 19.0. The summed E-state index contributed by atoms with van der Waals surface area (Å²) in [4.78, 5) is 13.2. The van der Waals surface area contributed by atoms with Crippen LogP contribution in [-0.4, -0.2) is 5.91 Å². The fraction of sp³-hybridized carbons (Fsp3) is 0.231. The van der Waals surface area contributed by atoms with Gasteiger partial charge in [-0.2, -0.15) is 5.26 Å². The molecule has 0 heterocycles. The largest absolute Gasteiger partial charge is 0.325 e. The van der Waals surface area contributed by atoms with E-state index in [1.54, 1.807) is 0 Å². The highest BCUT2D eigenvalue weighted by atomic mass is 16.1. The first-order chi connectivity index (χ1) is 14.2. The lowest BCUT2D eigenvalue weighted by molar-refractivity contribution is -0.116. The minimum absolute atomic E-state index is 0.0639. The lowest BCUT2D eigenvalue weighted by Gasteiger charge is -2.21. The molecule has 0 unspecified atom stereocenters. The standard InChI is InChI=1S/C26H24N2O/c27-19-26(17-7-8-18-26)22-13-15-23(16-14-22)28-25(29)24(20-9-3-1-4-10-20)21-11-5-2-6-12-21/h1-6,9-16,24H,7-8,17-18H2,(H,28,29). The smallest absolute Gasteiger partial charge is 0.236 e. The van der Waals surface area contributed by atoms with Gasteiger partial charge in [-0.3, -0.25) is 4.79 Å². The van der Waals surface area contributed by atoms with Crippen LogP contribution in [0.25, 0.3) is 0 Å². The topological polar surface area (TPSA) is 52.9 Å². The van der Waals surface area contributed by atoms with Gasteiger partial charge in [0, 0.05) is 5.69 Å². The Morgan fingerprint density at radius 1 is 0.828 bits per heavy atom. The van der Waals surface area contributed by atoms with Crippen molar-refractivity contribution in [2.75, 3.05) is 5.32 Å². The van der Waals surface area contributed by atoms with Crippen LogP contribution in [-0.2, 0) is 10.2 Å². The van der Waals surface area contributed by atoms with Crippen LogP contribution in [0.5, 0.6) is 0 Å². The Bertz CT molecular complexity index is 959. The number of rotatable bonds is 5. The maximum absolute atomic E-state index is 13.2. The lowest BCUT2D eigenvalue weighted by Crippen LogP contribution is -2.22. The first-order valence-electron chi connectivity index (χ1n) is 10.1. The normalized spacial score (nSPS) is 15.0. The molecule has 0 aromatic heterocycles. The number of nitriles is 1. The molecule has 0 aliphatic heterocycles. The van der Waals surface area contributed by atoms with Gasteiger partial charge in [0.25, 0.3) is 0 Å². The number of carbonyl (C=O) groups is 1. The molecule has 3 aromatic carbocycles. The highest BCUT2D eigenvalue weighted by molar-refractivity contribution is 5.98. The molecule has 1 aliphatic rings. The third-order valence-electron chi connectivity index (χ3n) is 5.90. The molecule has 4 rings (SSSR count). The molecule has 3 heteroatoms. The minimum Gasteiger partial charge on any atom is -0.325 e. The number of benzene rings is 3. The van der Waals surface area contributed by atoms with Crippen molar-refractivity contribution in [2.45, 2.75) is 37.0 Å². The van der Waals surface area contributed by atoms with Crippen LogP contribution in [0, 0.1) is 11.3 Å². The van der Waals surface area contributed by atoms with Crippen LogP contribution in [0.4, 0.5) is 5.69 Å². The molecule has 1 amide bonds. The summed E-state index contributed by atoms with van der Waals surface area (Å²) in [5, 5.41) is 12.8. The summed E-state index contributed by atoms with van der Waals surface area (Å²) < 4.78 is 0. The number of nitrogens with one attached hydrogen (secondary N) is 1. The molecule has 0 bridgehead atoms. The number of anilines is 1. The Morgan fingerprint density at radius 3 is 1.83 bits per heavy atom. The number of hydrogen-bond donors (Lipinski definition) is 1. The summed E-state index contributed by atoms with van der Waals surface area (Å²) in [6.07, 6.45) is 4.03. The average molecular weight is 380 g/mol. The van der Waals surface area contributed by atoms with Gasteiger partial charge in [-0.15, -0.1) is 0 Å². The van der Waals surface area contributed by atoms with Gasteiger partial charge in [-0.05, 0) is 41.7 Å². The third kappa shape index (κ3) is 3.93. The van der Waals surface area contributed by atoms with E-state index in [0.717, 1.165) is 48.1 Å². The molecule has 0 radical (unpaired) electrons. The van der Waals surface area contributed by atoms with E-state index in [0.29, 0.717) is 0 Å². The van der Waals surface area contributed by atoms with Crippen molar-refractivity contribution in [3.05, 3.63) is 102 Å². The van der Waals surface area contributed by atoms with Crippen molar-refractivity contribution in [2.24, 2.45) is 0 Å². The van der Waals surface area contributed by atoms with E-state index >= 15 is 0 Å². The second-order valence-corrected chi connectivity index (χ2v) is 7.72. The highest BCUT2D eigenvalue weighted by Gasteiger charge is 2.35. The Balaban J connectivity index is 1.57. The molecule has 1 fully saturated rings. The van der Waals surface area contributed by atoms with Gasteiger partial charge in [0.05, 0.1) is 17.4 Å². The van der Waals surface area contributed by atoms with E-state index in [4.69, 9.17) is 0 Å². The Labute approximate surface area is 172 Å². The first-order valence-corrected chi connectivity index (χ1v) is 10.1. The monoisotopic (exact) mass is 380 g/mol. The molecule has 1 saturated carbocycles. The van der Waals surface area contributed by atoms with E-state index in [-0.39, 0.29) is 17.2 Å². The Hall–Kier alpha value is -3.38. The van der Waals surface area contributed by atoms with Gasteiger partial charge in [0.15, 0.2) is 0 Å². The van der Waals surface area contributed by atoms with Gasteiger partial charge in [-0.1, -0.05) is 85.6 Å². The molecule has 3 nitrogen and oxygen atoms in total. The van der Waals surface area contributed by atoms with Crippen molar-refractivity contribution in [1.29, 1.82) is 5.26 Å². The zero-order valence-corrected chi connectivity index (χ0v) is 16.3. The fourth-order valence-electron chi connectivity index (χ4n) is 4.32. The summed E-state index contributed by atoms with van der Waals surface area (Å²) in [5.74, 6) is -0.441. The van der Waals surface area contributed by atoms with Crippen LogP contribution in [0.1, 0.15) is 48.3 Å². The molecule has 1 N–H and O–H groups in total. The Morgan fingerprint density at radius 2 is 1.34 bits per heavy atom. The SMILES string of the molecule is N#CC1(c2ccc(NC(=O)C(c3ccccc3)c3ccccc3)cc2)CCCC1. The number of nitrogens with zero attached hydrogens (tertiary/aromatic N) is 1. The molecular formula is C26H24N2O. The fourth-order valence-corrected chi connectivity index (χ4v) is 4.32. The molecule has 3 aromatic rings. The van der Waals surface area contributed by atoms with E-state index in [2.05, 4.69) is 11.4 Å². The molecule has 0 saturated heterocycles. The van der Waals surface area contributed by atoms with Crippen molar-refractivity contribution in [1.82, 2.24) is 0 Å². The molecule has 1 aliphatic carbocycles. The summed E-state index contributed by atoms with van der Waals surface area (Å²) in [7, 11) is 0. The van der Waals surface area contributed by atoms with Gasteiger partial charge in [-0.25, -0.2) is 0 Å². The van der Waals surface area contributed by atoms with Crippen molar-refractivity contribution >= 4 is 11.6 Å². The van der Waals surface area contributed by atoms with Gasteiger partial charge < -0.3 is 5.32 Å². The summed E-state index contributed by atoms with van der Waals surface area (Å²) in [5.41, 5.74) is 3.36. The van der Waals surface area contributed by atoms with Gasteiger partial charge >= 0.3 is 0 Å². The number of amides is 1. The predicted molar refractivity (Wildman–Crippen MR) is 116 cm³/mol. The minimum atomic E-state index is -0.377. The summed E-state index contributed by atoms with van der Waals surface area (Å²) in [6.45, 7) is 0. The van der Waals surface area contributed by atoms with Gasteiger partial charge in [0.1, 0.15) is 0 Å². The molecular weight excluding hydrogens is 356 g/mol. The zero-order valence-electron chi connectivity index (χ0n) is 16.3. The summed E-state index contributed by atoms with van der Waals surface area (Å²) in [6, 6.07) is 30.0. The third-order valence-corrected chi connectivity index (χ3v) is 5.90. The number of carbonyl (C=O) groups excluding carboxylic acids is 1. The maximum atomic E-state index is 13.2. The van der Waals surface area contributed by atoms with Gasteiger partial charge in [0.2, 0.25) is 5.91 Å². The van der Waals surface area contributed by atoms with Crippen LogP contribution in [0.3, 0.4) is 0 Å². The lowest BCUT2D eigenvalue weighted by atomic mass is 9.80. The van der Waals surface area contributed by atoms with Crippen LogP contribution in [0.2, 0.25) is 0 Å². The van der Waals surface area contributed by atoms with Crippen LogP contribution >= 0.6 is 0 Å². The highest BCUT2D eigenvalue weighted by Crippen LogP contribution is 2.40. The van der Waals surface area contributed by atoms with E-state index in [1.807, 2.05) is 84.9 Å². The maximum Gasteiger partial charge on any atom is 0.236 e. The molecule has 0 atom stereocenters. The number of hydrogen-bond acceptors (Lipinski definition) is 2. The summed E-state index contributed by atoms with van der Waals surface area (Å²) >= 11 is 0. The molecule has 0 spiro atoms. The van der Waals surface area contributed by atoms with Crippen LogP contribution < -0.4 is 5.32 Å². The second-order valence-electron chi connectivity index (χ2n) is 7.72. The predicted octanol–water partition coefficient (Wildman–Crippen LogP) is 5.79. The van der Waals surface area contributed by atoms with Crippen LogP contribution in [0.15, 0.2) is 84.9 Å². The van der Waals surface area contributed by atoms with Crippen molar-refractivity contribution < 1.29 is 4.79 Å². The average Bonchev–Trinajstić information content (AvgIpc) is 3.26. The van der Waals surface area contributed by atoms with E-state index in [9.17, 15) is 10.1 Å². The van der Waals surface area contributed by atoms with E-state index < -0.39 is 0 Å². The van der Waals surface area contributed by atoms with E-state index in [1.165, 1.54) is 0 Å². The molecule has 29 heavy (non-hydrogen) atoms. The molecule has 144 valence electrons. The van der Waals surface area contributed by atoms with Crippen molar-refractivity contribution in [3.63, 3.8) is 0 Å². The Kier molecular flexibility index (Phi) is 5.44. The second kappa shape index (κ2) is 8.32. The zero-order chi connectivity index (χ0) is 20.1. The van der Waals surface area contributed by atoms with Crippen molar-refractivity contribution in [3.8, 4) is 6.07 Å². The quantitative estimate of drug-likeness (QED) is 0.609.